The molecule has 0 aliphatic carbocycles. The summed E-state index contributed by atoms with van der Waals surface area (Å²) in [7, 11) is 1.54. The monoisotopic (exact) mass is 330 g/mol. The standard InChI is InChI=1S/C21H18N2O2/c1-25-19-11-10-16(14-18(19)24)21-17(13-15-7-3-2-4-8-15)23-12-6-5-9-20(23)22-21/h2-12,14,24H,13H2,1H3. The van der Waals surface area contributed by atoms with Crippen LogP contribution in [0.3, 0.4) is 0 Å². The molecule has 1 N–H and O–H groups in total. The van der Waals surface area contributed by atoms with E-state index in [0.717, 1.165) is 29.0 Å². The Kier molecular flexibility index (Phi) is 3.86. The Labute approximate surface area is 146 Å². The molecule has 0 radical (unpaired) electrons. The number of phenols is 1. The van der Waals surface area contributed by atoms with Crippen molar-refractivity contribution >= 4 is 5.65 Å². The Morgan fingerprint density at radius 3 is 2.56 bits per heavy atom. The van der Waals surface area contributed by atoms with E-state index < -0.39 is 0 Å². The second-order valence-electron chi connectivity index (χ2n) is 5.88. The molecule has 0 amide bonds. The van der Waals surface area contributed by atoms with E-state index in [2.05, 4.69) is 16.5 Å². The van der Waals surface area contributed by atoms with Gasteiger partial charge >= 0.3 is 0 Å². The van der Waals surface area contributed by atoms with Gasteiger partial charge in [0, 0.05) is 18.2 Å². The number of pyridine rings is 1. The molecule has 2 aromatic carbocycles. The number of imidazole rings is 1. The fourth-order valence-corrected chi connectivity index (χ4v) is 3.07. The number of aromatic nitrogens is 2. The fraction of sp³-hybridized carbons (Fsp3) is 0.0952. The van der Waals surface area contributed by atoms with E-state index in [4.69, 9.17) is 9.72 Å². The first-order chi connectivity index (χ1) is 12.3. The number of aromatic hydroxyl groups is 1. The van der Waals surface area contributed by atoms with Crippen molar-refractivity contribution in [1.29, 1.82) is 0 Å². The lowest BCUT2D eigenvalue weighted by Gasteiger charge is -2.08. The summed E-state index contributed by atoms with van der Waals surface area (Å²) in [6.45, 7) is 0. The van der Waals surface area contributed by atoms with E-state index in [1.807, 2.05) is 48.7 Å². The molecular weight excluding hydrogens is 312 g/mol. The number of hydrogen-bond acceptors (Lipinski definition) is 3. The molecular formula is C21H18N2O2. The minimum atomic E-state index is 0.114. The number of rotatable bonds is 4. The Morgan fingerprint density at radius 2 is 1.80 bits per heavy atom. The molecule has 25 heavy (non-hydrogen) atoms. The number of ether oxygens (including phenoxy) is 1. The van der Waals surface area contributed by atoms with Crippen molar-refractivity contribution in [3.63, 3.8) is 0 Å². The minimum Gasteiger partial charge on any atom is -0.504 e. The second kappa shape index (κ2) is 6.32. The van der Waals surface area contributed by atoms with Crippen molar-refractivity contribution in [3.8, 4) is 22.8 Å². The maximum atomic E-state index is 10.1. The van der Waals surface area contributed by atoms with E-state index in [1.54, 1.807) is 19.2 Å². The van der Waals surface area contributed by atoms with E-state index in [9.17, 15) is 5.11 Å². The van der Waals surface area contributed by atoms with Crippen molar-refractivity contribution in [1.82, 2.24) is 9.38 Å². The van der Waals surface area contributed by atoms with Gasteiger partial charge in [-0.2, -0.15) is 0 Å². The molecule has 4 nitrogen and oxygen atoms in total. The van der Waals surface area contributed by atoms with Crippen LogP contribution >= 0.6 is 0 Å². The Bertz CT molecular complexity index is 1020. The third-order valence-corrected chi connectivity index (χ3v) is 4.30. The summed E-state index contributed by atoms with van der Waals surface area (Å²) in [6, 6.07) is 21.7. The van der Waals surface area contributed by atoms with Gasteiger partial charge in [0.1, 0.15) is 5.65 Å². The lowest BCUT2D eigenvalue weighted by atomic mass is 10.0. The molecule has 0 spiro atoms. The number of hydrogen-bond donors (Lipinski definition) is 1. The molecule has 2 aromatic heterocycles. The van der Waals surface area contributed by atoms with Crippen molar-refractivity contribution in [2.75, 3.05) is 7.11 Å². The third kappa shape index (κ3) is 2.83. The molecule has 0 atom stereocenters. The first-order valence-corrected chi connectivity index (χ1v) is 8.13. The van der Waals surface area contributed by atoms with E-state index in [0.29, 0.717) is 5.75 Å². The molecule has 0 aliphatic heterocycles. The Morgan fingerprint density at radius 1 is 1.00 bits per heavy atom. The summed E-state index contributed by atoms with van der Waals surface area (Å²) < 4.78 is 7.25. The topological polar surface area (TPSA) is 46.8 Å². The third-order valence-electron chi connectivity index (χ3n) is 4.30. The van der Waals surface area contributed by atoms with Gasteiger partial charge in [-0.25, -0.2) is 4.98 Å². The number of phenolic OH excluding ortho intramolecular Hbond substituents is 1. The number of fused-ring (bicyclic) bond motifs is 1. The van der Waals surface area contributed by atoms with Crippen LogP contribution in [0.4, 0.5) is 0 Å². The Hall–Kier alpha value is -3.27. The Balaban J connectivity index is 1.88. The van der Waals surface area contributed by atoms with Gasteiger partial charge in [-0.3, -0.25) is 0 Å². The molecule has 0 saturated carbocycles. The van der Waals surface area contributed by atoms with Gasteiger partial charge in [-0.15, -0.1) is 0 Å². The quantitative estimate of drug-likeness (QED) is 0.606. The summed E-state index contributed by atoms with van der Waals surface area (Å²) in [6.07, 6.45) is 2.78. The molecule has 2 heterocycles. The zero-order chi connectivity index (χ0) is 17.2. The van der Waals surface area contributed by atoms with Crippen molar-refractivity contribution in [2.24, 2.45) is 0 Å². The molecule has 0 unspecified atom stereocenters. The van der Waals surface area contributed by atoms with Crippen LogP contribution in [0.15, 0.2) is 72.9 Å². The smallest absolute Gasteiger partial charge is 0.160 e. The summed E-state index contributed by atoms with van der Waals surface area (Å²) in [5.74, 6) is 0.569. The maximum absolute atomic E-state index is 10.1. The maximum Gasteiger partial charge on any atom is 0.160 e. The number of nitrogens with zero attached hydrogens (tertiary/aromatic N) is 2. The predicted octanol–water partition coefficient (Wildman–Crippen LogP) is 4.31. The van der Waals surface area contributed by atoms with Crippen LogP contribution in [0.25, 0.3) is 16.9 Å². The van der Waals surface area contributed by atoms with Crippen LogP contribution in [0, 0.1) is 0 Å². The molecule has 0 aliphatic rings. The van der Waals surface area contributed by atoms with Gasteiger partial charge in [0.25, 0.3) is 0 Å². The number of benzene rings is 2. The van der Waals surface area contributed by atoms with Crippen molar-refractivity contribution < 1.29 is 9.84 Å². The molecule has 4 rings (SSSR count). The van der Waals surface area contributed by atoms with Gasteiger partial charge in [0.05, 0.1) is 18.5 Å². The van der Waals surface area contributed by atoms with Gasteiger partial charge in [0.15, 0.2) is 11.5 Å². The van der Waals surface area contributed by atoms with E-state index in [1.165, 1.54) is 5.56 Å². The SMILES string of the molecule is COc1ccc(-c2nc3ccccn3c2Cc2ccccc2)cc1O. The molecule has 4 heteroatoms. The van der Waals surface area contributed by atoms with Crippen LogP contribution in [0.1, 0.15) is 11.3 Å². The zero-order valence-electron chi connectivity index (χ0n) is 13.9. The highest BCUT2D eigenvalue weighted by Crippen LogP contribution is 2.33. The highest BCUT2D eigenvalue weighted by molar-refractivity contribution is 5.69. The lowest BCUT2D eigenvalue weighted by Crippen LogP contribution is -1.96. The lowest BCUT2D eigenvalue weighted by molar-refractivity contribution is 0.373. The normalized spacial score (nSPS) is 10.9. The summed E-state index contributed by atoms with van der Waals surface area (Å²) in [4.78, 5) is 4.79. The fourth-order valence-electron chi connectivity index (χ4n) is 3.07. The van der Waals surface area contributed by atoms with E-state index >= 15 is 0 Å². The minimum absolute atomic E-state index is 0.114. The average Bonchev–Trinajstić information content (AvgIpc) is 3.01. The summed E-state index contributed by atoms with van der Waals surface area (Å²) in [5, 5.41) is 10.1. The summed E-state index contributed by atoms with van der Waals surface area (Å²) in [5.41, 5.74) is 4.93. The first-order valence-electron chi connectivity index (χ1n) is 8.13. The van der Waals surface area contributed by atoms with Crippen LogP contribution < -0.4 is 4.74 Å². The summed E-state index contributed by atoms with van der Waals surface area (Å²) >= 11 is 0. The van der Waals surface area contributed by atoms with Crippen LogP contribution in [0.5, 0.6) is 11.5 Å². The second-order valence-corrected chi connectivity index (χ2v) is 5.88. The zero-order valence-corrected chi connectivity index (χ0v) is 13.9. The highest BCUT2D eigenvalue weighted by Gasteiger charge is 2.15. The van der Waals surface area contributed by atoms with Gasteiger partial charge < -0.3 is 14.2 Å². The number of methoxy groups -OCH3 is 1. The van der Waals surface area contributed by atoms with Gasteiger partial charge in [-0.1, -0.05) is 36.4 Å². The van der Waals surface area contributed by atoms with Crippen molar-refractivity contribution in [3.05, 3.63) is 84.2 Å². The van der Waals surface area contributed by atoms with Crippen LogP contribution in [-0.4, -0.2) is 21.6 Å². The predicted molar refractivity (Wildman–Crippen MR) is 98.1 cm³/mol. The largest absolute Gasteiger partial charge is 0.504 e. The molecule has 0 fully saturated rings. The highest BCUT2D eigenvalue weighted by atomic mass is 16.5. The van der Waals surface area contributed by atoms with Crippen molar-refractivity contribution in [2.45, 2.75) is 6.42 Å². The molecule has 124 valence electrons. The molecule has 0 saturated heterocycles. The van der Waals surface area contributed by atoms with Gasteiger partial charge in [0.2, 0.25) is 0 Å². The first kappa shape index (κ1) is 15.3. The van der Waals surface area contributed by atoms with Gasteiger partial charge in [-0.05, 0) is 35.9 Å². The van der Waals surface area contributed by atoms with Crippen LogP contribution in [0.2, 0.25) is 0 Å². The van der Waals surface area contributed by atoms with E-state index in [-0.39, 0.29) is 5.75 Å². The average molecular weight is 330 g/mol. The molecule has 4 aromatic rings. The van der Waals surface area contributed by atoms with Crippen LogP contribution in [-0.2, 0) is 6.42 Å². The molecule has 0 bridgehead atoms.